The van der Waals surface area contributed by atoms with Crippen LogP contribution >= 0.6 is 15.9 Å². The molecule has 4 heteroatoms. The zero-order valence-corrected chi connectivity index (χ0v) is 9.24. The van der Waals surface area contributed by atoms with Crippen LogP contribution in [0.4, 0.5) is 0 Å². The average Bonchev–Trinajstić information content (AvgIpc) is 2.83. The van der Waals surface area contributed by atoms with Crippen molar-refractivity contribution in [3.63, 3.8) is 0 Å². The maximum Gasteiger partial charge on any atom is 0.186 e. The van der Waals surface area contributed by atoms with Crippen molar-refractivity contribution in [2.24, 2.45) is 16.5 Å². The summed E-state index contributed by atoms with van der Waals surface area (Å²) in [7, 11) is 0. The molecule has 74 valence electrons. The molecule has 0 bridgehead atoms. The van der Waals surface area contributed by atoms with Crippen molar-refractivity contribution in [3.8, 4) is 0 Å². The maximum atomic E-state index is 5.33. The first-order chi connectivity index (χ1) is 6.68. The predicted molar refractivity (Wildman–Crippen MR) is 61.1 cm³/mol. The molecule has 0 radical (unpaired) electrons. The van der Waals surface area contributed by atoms with E-state index in [2.05, 4.69) is 27.0 Å². The zero-order chi connectivity index (χ0) is 10.1. The van der Waals surface area contributed by atoms with E-state index in [-0.39, 0.29) is 12.0 Å². The van der Waals surface area contributed by atoms with Gasteiger partial charge in [-0.2, -0.15) is 0 Å². The van der Waals surface area contributed by atoms with Gasteiger partial charge in [0, 0.05) is 10.4 Å². The molecule has 0 saturated heterocycles. The van der Waals surface area contributed by atoms with Crippen molar-refractivity contribution in [1.82, 2.24) is 0 Å². The molecule has 1 aliphatic rings. The van der Waals surface area contributed by atoms with Crippen LogP contribution in [0, 0.1) is 0 Å². The van der Waals surface area contributed by atoms with Crippen LogP contribution in [-0.2, 0) is 0 Å². The fourth-order valence-electron chi connectivity index (χ4n) is 1.63. The van der Waals surface area contributed by atoms with Crippen LogP contribution in [-0.4, -0.2) is 12.0 Å². The Labute approximate surface area is 91.3 Å². The first kappa shape index (κ1) is 9.52. The Morgan fingerprint density at radius 1 is 1.36 bits per heavy atom. The Hall–Kier alpha value is -1.03. The first-order valence-corrected chi connectivity index (χ1v) is 5.31. The van der Waals surface area contributed by atoms with Crippen LogP contribution < -0.4 is 11.5 Å². The molecule has 0 heterocycles. The molecular weight excluding hydrogens is 242 g/mol. The Morgan fingerprint density at radius 3 is 2.71 bits per heavy atom. The quantitative estimate of drug-likeness (QED) is 0.621. The van der Waals surface area contributed by atoms with E-state index < -0.39 is 0 Å². The molecule has 1 aromatic carbocycles. The fraction of sp³-hybridized carbons (Fsp3) is 0.300. The molecule has 1 fully saturated rings. The third-order valence-electron chi connectivity index (χ3n) is 2.38. The highest BCUT2D eigenvalue weighted by molar-refractivity contribution is 9.10. The van der Waals surface area contributed by atoms with Gasteiger partial charge in [0.25, 0.3) is 0 Å². The monoisotopic (exact) mass is 253 g/mol. The molecule has 0 aromatic heterocycles. The van der Waals surface area contributed by atoms with Crippen molar-refractivity contribution < 1.29 is 0 Å². The molecule has 14 heavy (non-hydrogen) atoms. The largest absolute Gasteiger partial charge is 0.370 e. The van der Waals surface area contributed by atoms with Crippen molar-refractivity contribution in [1.29, 1.82) is 0 Å². The van der Waals surface area contributed by atoms with Crippen molar-refractivity contribution in [2.45, 2.75) is 18.4 Å². The lowest BCUT2D eigenvalue weighted by molar-refractivity contribution is 0.978. The third-order valence-corrected chi connectivity index (χ3v) is 3.10. The second-order valence-corrected chi connectivity index (χ2v) is 4.34. The summed E-state index contributed by atoms with van der Waals surface area (Å²) in [5, 5.41) is 0. The number of hydrogen-bond donors (Lipinski definition) is 2. The number of guanidine groups is 1. The summed E-state index contributed by atoms with van der Waals surface area (Å²) in [6.07, 6.45) is 1.04. The molecule has 0 unspecified atom stereocenters. The molecule has 1 saturated carbocycles. The number of benzene rings is 1. The SMILES string of the molecule is NC(N)=N[C@@H]1C[C@H]1c1ccccc1Br. The first-order valence-electron chi connectivity index (χ1n) is 4.51. The number of nitrogens with two attached hydrogens (primary N) is 2. The van der Waals surface area contributed by atoms with Gasteiger partial charge in [-0.3, -0.25) is 0 Å². The van der Waals surface area contributed by atoms with E-state index in [0.29, 0.717) is 5.92 Å². The zero-order valence-electron chi connectivity index (χ0n) is 7.65. The lowest BCUT2D eigenvalue weighted by atomic mass is 10.1. The molecule has 4 N–H and O–H groups in total. The Bertz CT molecular complexity index is 371. The number of hydrogen-bond acceptors (Lipinski definition) is 1. The van der Waals surface area contributed by atoms with Crippen LogP contribution in [0.25, 0.3) is 0 Å². The smallest absolute Gasteiger partial charge is 0.186 e. The molecular formula is C10H12BrN3. The Morgan fingerprint density at radius 2 is 2.07 bits per heavy atom. The summed E-state index contributed by atoms with van der Waals surface area (Å²) in [6.45, 7) is 0. The summed E-state index contributed by atoms with van der Waals surface area (Å²) < 4.78 is 1.14. The van der Waals surface area contributed by atoms with Crippen LogP contribution in [0.2, 0.25) is 0 Å². The molecule has 0 spiro atoms. The van der Waals surface area contributed by atoms with Gasteiger partial charge in [0.05, 0.1) is 6.04 Å². The topological polar surface area (TPSA) is 64.4 Å². The van der Waals surface area contributed by atoms with Gasteiger partial charge in [-0.05, 0) is 18.1 Å². The minimum atomic E-state index is 0.185. The van der Waals surface area contributed by atoms with E-state index in [1.165, 1.54) is 5.56 Å². The van der Waals surface area contributed by atoms with Crippen LogP contribution in [0.3, 0.4) is 0 Å². The second-order valence-electron chi connectivity index (χ2n) is 3.49. The average molecular weight is 254 g/mol. The molecule has 0 aliphatic heterocycles. The lowest BCUT2D eigenvalue weighted by Gasteiger charge is -2.01. The normalized spacial score (nSPS) is 24.4. The predicted octanol–water partition coefficient (Wildman–Crippen LogP) is 1.58. The summed E-state index contributed by atoms with van der Waals surface area (Å²) in [6, 6.07) is 8.46. The van der Waals surface area contributed by atoms with E-state index >= 15 is 0 Å². The van der Waals surface area contributed by atoms with Gasteiger partial charge in [-0.25, -0.2) is 4.99 Å². The maximum absolute atomic E-state index is 5.33. The molecule has 2 atom stereocenters. The fourth-order valence-corrected chi connectivity index (χ4v) is 2.20. The van der Waals surface area contributed by atoms with Crippen molar-refractivity contribution in [2.75, 3.05) is 0 Å². The van der Waals surface area contributed by atoms with E-state index in [4.69, 9.17) is 11.5 Å². The highest BCUT2D eigenvalue weighted by atomic mass is 79.9. The number of aliphatic imine (C=N–C) groups is 1. The molecule has 3 nitrogen and oxygen atoms in total. The summed E-state index contributed by atoms with van der Waals surface area (Å²) in [5.74, 6) is 0.664. The minimum Gasteiger partial charge on any atom is -0.370 e. The molecule has 0 amide bonds. The van der Waals surface area contributed by atoms with Gasteiger partial charge >= 0.3 is 0 Å². The van der Waals surface area contributed by atoms with Crippen LogP contribution in [0.15, 0.2) is 33.7 Å². The van der Waals surface area contributed by atoms with Gasteiger partial charge in [0.2, 0.25) is 0 Å². The van der Waals surface area contributed by atoms with Crippen LogP contribution in [0.1, 0.15) is 17.9 Å². The number of rotatable bonds is 2. The van der Waals surface area contributed by atoms with Gasteiger partial charge in [-0.1, -0.05) is 34.1 Å². The van der Waals surface area contributed by atoms with E-state index in [0.717, 1.165) is 10.9 Å². The Kier molecular flexibility index (Phi) is 2.46. The van der Waals surface area contributed by atoms with Gasteiger partial charge in [0.15, 0.2) is 5.96 Å². The van der Waals surface area contributed by atoms with Crippen molar-refractivity contribution in [3.05, 3.63) is 34.3 Å². The third kappa shape index (κ3) is 1.90. The van der Waals surface area contributed by atoms with E-state index in [1.54, 1.807) is 0 Å². The van der Waals surface area contributed by atoms with Gasteiger partial charge < -0.3 is 11.5 Å². The highest BCUT2D eigenvalue weighted by Gasteiger charge is 2.39. The minimum absolute atomic E-state index is 0.185. The Balaban J connectivity index is 2.14. The number of halogens is 1. The summed E-state index contributed by atoms with van der Waals surface area (Å²) >= 11 is 3.52. The van der Waals surface area contributed by atoms with E-state index in [1.807, 2.05) is 18.2 Å². The second kappa shape index (κ2) is 3.61. The summed E-state index contributed by atoms with van der Waals surface area (Å²) in [4.78, 5) is 4.14. The highest BCUT2D eigenvalue weighted by Crippen LogP contribution is 2.45. The lowest BCUT2D eigenvalue weighted by Crippen LogP contribution is -2.23. The summed E-state index contributed by atoms with van der Waals surface area (Å²) in [5.41, 5.74) is 11.9. The number of nitrogens with zero attached hydrogens (tertiary/aromatic N) is 1. The van der Waals surface area contributed by atoms with E-state index in [9.17, 15) is 0 Å². The standard InChI is InChI=1S/C10H12BrN3/c11-8-4-2-1-3-6(8)7-5-9(7)14-10(12)13/h1-4,7,9H,5H2,(H4,12,13,14)/t7-,9+/m0/s1. The van der Waals surface area contributed by atoms with Crippen molar-refractivity contribution >= 4 is 21.9 Å². The molecule has 1 aliphatic carbocycles. The van der Waals surface area contributed by atoms with Crippen LogP contribution in [0.5, 0.6) is 0 Å². The van der Waals surface area contributed by atoms with Gasteiger partial charge in [0.1, 0.15) is 0 Å². The molecule has 2 rings (SSSR count). The molecule has 1 aromatic rings. The van der Waals surface area contributed by atoms with Gasteiger partial charge in [-0.15, -0.1) is 0 Å².